The summed E-state index contributed by atoms with van der Waals surface area (Å²) in [5.74, 6) is -6.21. The number of benzene rings is 1. The number of halogens is 2. The van der Waals surface area contributed by atoms with Gasteiger partial charge >= 0.3 is 5.97 Å². The molecule has 0 radical (unpaired) electrons. The third-order valence-electron chi connectivity index (χ3n) is 3.64. The molecule has 0 aliphatic carbocycles. The molecule has 0 unspecified atom stereocenters. The second-order valence-corrected chi connectivity index (χ2v) is 6.84. The van der Waals surface area contributed by atoms with Crippen LogP contribution in [0.5, 0.6) is 0 Å². The molecule has 2 N–H and O–H groups in total. The number of imide groups is 1. The van der Waals surface area contributed by atoms with Gasteiger partial charge in [0.25, 0.3) is 11.8 Å². The van der Waals surface area contributed by atoms with E-state index in [1.165, 1.54) is 0 Å². The molecule has 0 saturated heterocycles. The summed E-state index contributed by atoms with van der Waals surface area (Å²) in [7, 11) is 0. The van der Waals surface area contributed by atoms with Crippen LogP contribution in [0, 0.1) is 11.6 Å². The molecule has 0 fully saturated rings. The first-order chi connectivity index (χ1) is 11.9. The number of esters is 1. The smallest absolute Gasteiger partial charge is 0.306 e. The fourth-order valence-electron chi connectivity index (χ4n) is 2.58. The maximum Gasteiger partial charge on any atom is 0.306 e. The van der Waals surface area contributed by atoms with E-state index in [9.17, 15) is 28.0 Å². The van der Waals surface area contributed by atoms with E-state index in [4.69, 9.17) is 10.5 Å². The Bertz CT molecular complexity index is 760. The molecule has 1 heterocycles. The Labute approximate surface area is 148 Å². The number of primary amides is 1. The minimum absolute atomic E-state index is 0.263. The van der Waals surface area contributed by atoms with Crippen LogP contribution in [0.4, 0.5) is 8.78 Å². The molecule has 9 heteroatoms. The zero-order chi connectivity index (χ0) is 19.8. The van der Waals surface area contributed by atoms with E-state index in [0.717, 1.165) is 0 Å². The average molecular weight is 368 g/mol. The summed E-state index contributed by atoms with van der Waals surface area (Å²) in [6.07, 6.45) is -0.540. The predicted octanol–water partition coefficient (Wildman–Crippen LogP) is 1.54. The minimum Gasteiger partial charge on any atom is -0.460 e. The fraction of sp³-hybridized carbons (Fsp3) is 0.412. The van der Waals surface area contributed by atoms with Crippen molar-refractivity contribution in [2.45, 2.75) is 45.3 Å². The molecular formula is C17H18F2N2O5. The largest absolute Gasteiger partial charge is 0.460 e. The van der Waals surface area contributed by atoms with Gasteiger partial charge in [0.15, 0.2) is 11.6 Å². The van der Waals surface area contributed by atoms with Gasteiger partial charge < -0.3 is 10.5 Å². The van der Waals surface area contributed by atoms with Gasteiger partial charge in [-0.25, -0.2) is 8.78 Å². The lowest BCUT2D eigenvalue weighted by Gasteiger charge is -2.24. The number of hydrogen-bond donors (Lipinski definition) is 1. The Morgan fingerprint density at radius 3 is 1.96 bits per heavy atom. The molecule has 0 spiro atoms. The van der Waals surface area contributed by atoms with E-state index in [-0.39, 0.29) is 24.0 Å². The average Bonchev–Trinajstić information content (AvgIpc) is 2.71. The maximum absolute atomic E-state index is 13.4. The molecule has 0 aromatic heterocycles. The van der Waals surface area contributed by atoms with Gasteiger partial charge in [-0.3, -0.25) is 24.1 Å². The third-order valence-corrected chi connectivity index (χ3v) is 3.64. The Kier molecular flexibility index (Phi) is 5.11. The van der Waals surface area contributed by atoms with E-state index in [1.807, 2.05) is 0 Å². The summed E-state index contributed by atoms with van der Waals surface area (Å²) in [5, 5.41) is 0. The van der Waals surface area contributed by atoms with Crippen molar-refractivity contribution in [1.82, 2.24) is 4.90 Å². The quantitative estimate of drug-likeness (QED) is 0.627. The van der Waals surface area contributed by atoms with E-state index < -0.39 is 47.0 Å². The van der Waals surface area contributed by atoms with Crippen LogP contribution < -0.4 is 5.73 Å². The van der Waals surface area contributed by atoms with Gasteiger partial charge in [0.05, 0.1) is 11.1 Å². The van der Waals surface area contributed by atoms with Gasteiger partial charge in [-0.1, -0.05) is 0 Å². The van der Waals surface area contributed by atoms with Crippen molar-refractivity contribution in [1.29, 1.82) is 0 Å². The topological polar surface area (TPSA) is 107 Å². The number of nitrogens with two attached hydrogens (primary N) is 1. The number of carbonyl (C=O) groups excluding carboxylic acids is 4. The van der Waals surface area contributed by atoms with Crippen LogP contribution in [-0.2, 0) is 14.3 Å². The van der Waals surface area contributed by atoms with Crippen molar-refractivity contribution >= 4 is 23.7 Å². The van der Waals surface area contributed by atoms with Crippen LogP contribution in [-0.4, -0.2) is 40.2 Å². The lowest BCUT2D eigenvalue weighted by Crippen LogP contribution is -2.48. The highest BCUT2D eigenvalue weighted by Gasteiger charge is 2.43. The SMILES string of the molecule is CC(C)(C)OC(=O)CC[C@@H](C(N)=O)N1C(=O)c2cc(F)c(F)cc2C1=O. The molecule has 26 heavy (non-hydrogen) atoms. The molecule has 1 atom stereocenters. The lowest BCUT2D eigenvalue weighted by molar-refractivity contribution is -0.155. The molecule has 0 saturated carbocycles. The zero-order valence-electron chi connectivity index (χ0n) is 14.5. The summed E-state index contributed by atoms with van der Waals surface area (Å²) in [5.41, 5.74) is 3.79. The number of hydrogen-bond acceptors (Lipinski definition) is 5. The highest BCUT2D eigenvalue weighted by atomic mass is 19.2. The van der Waals surface area contributed by atoms with E-state index in [0.29, 0.717) is 17.0 Å². The zero-order valence-corrected chi connectivity index (χ0v) is 14.5. The van der Waals surface area contributed by atoms with Crippen LogP contribution in [0.15, 0.2) is 12.1 Å². The van der Waals surface area contributed by atoms with E-state index in [1.54, 1.807) is 20.8 Å². The first-order valence-electron chi connectivity index (χ1n) is 7.80. The van der Waals surface area contributed by atoms with Crippen LogP contribution in [0.2, 0.25) is 0 Å². The van der Waals surface area contributed by atoms with Crippen molar-refractivity contribution in [3.8, 4) is 0 Å². The van der Waals surface area contributed by atoms with Gasteiger partial charge in [0.1, 0.15) is 11.6 Å². The Morgan fingerprint density at radius 1 is 1.12 bits per heavy atom. The number of amides is 3. The summed E-state index contributed by atoms with van der Waals surface area (Å²) in [6.45, 7) is 4.97. The summed E-state index contributed by atoms with van der Waals surface area (Å²) in [6, 6.07) is -0.255. The van der Waals surface area contributed by atoms with Gasteiger partial charge in [0, 0.05) is 6.42 Å². The number of rotatable bonds is 5. The number of nitrogens with zero attached hydrogens (tertiary/aromatic N) is 1. The normalized spacial score (nSPS) is 15.0. The Balaban J connectivity index is 2.23. The Morgan fingerprint density at radius 2 is 1.58 bits per heavy atom. The highest BCUT2D eigenvalue weighted by Crippen LogP contribution is 2.28. The number of ether oxygens (including phenoxy) is 1. The summed E-state index contributed by atoms with van der Waals surface area (Å²) in [4.78, 5) is 48.8. The molecule has 1 aromatic carbocycles. The Hall–Kier alpha value is -2.84. The fourth-order valence-corrected chi connectivity index (χ4v) is 2.58. The van der Waals surface area contributed by atoms with Gasteiger partial charge in [-0.15, -0.1) is 0 Å². The summed E-state index contributed by atoms with van der Waals surface area (Å²) >= 11 is 0. The number of fused-ring (bicyclic) bond motifs is 1. The van der Waals surface area contributed by atoms with Gasteiger partial charge in [-0.2, -0.15) is 0 Å². The minimum atomic E-state index is -1.44. The van der Waals surface area contributed by atoms with Crippen LogP contribution in [0.1, 0.15) is 54.3 Å². The summed E-state index contributed by atoms with van der Waals surface area (Å²) < 4.78 is 31.8. The second kappa shape index (κ2) is 6.81. The molecular weight excluding hydrogens is 350 g/mol. The lowest BCUT2D eigenvalue weighted by atomic mass is 10.1. The van der Waals surface area contributed by atoms with Gasteiger partial charge in [0.2, 0.25) is 5.91 Å². The molecule has 0 bridgehead atoms. The monoisotopic (exact) mass is 368 g/mol. The standard InChI is InChI=1S/C17H18F2N2O5/c1-17(2,3)26-13(22)5-4-12(14(20)23)21-15(24)8-6-10(18)11(19)7-9(8)16(21)25/h6-7,12H,4-5H2,1-3H3,(H2,20,23)/t12-/m0/s1. The predicted molar refractivity (Wildman–Crippen MR) is 84.9 cm³/mol. The van der Waals surface area contributed by atoms with E-state index in [2.05, 4.69) is 0 Å². The van der Waals surface area contributed by atoms with Crippen molar-refractivity contribution in [3.63, 3.8) is 0 Å². The molecule has 1 aromatic rings. The van der Waals surface area contributed by atoms with Crippen LogP contribution >= 0.6 is 0 Å². The van der Waals surface area contributed by atoms with Crippen molar-refractivity contribution < 1.29 is 32.7 Å². The third kappa shape index (κ3) is 3.87. The molecule has 1 aliphatic rings. The van der Waals surface area contributed by atoms with Crippen LogP contribution in [0.25, 0.3) is 0 Å². The molecule has 3 amide bonds. The second-order valence-electron chi connectivity index (χ2n) is 6.84. The van der Waals surface area contributed by atoms with Crippen LogP contribution in [0.3, 0.4) is 0 Å². The molecule has 1 aliphatic heterocycles. The van der Waals surface area contributed by atoms with Crippen molar-refractivity contribution in [3.05, 3.63) is 34.9 Å². The maximum atomic E-state index is 13.4. The first kappa shape index (κ1) is 19.5. The van der Waals surface area contributed by atoms with Gasteiger partial charge in [-0.05, 0) is 39.3 Å². The number of carbonyl (C=O) groups is 4. The molecule has 2 rings (SSSR count). The van der Waals surface area contributed by atoms with Crippen molar-refractivity contribution in [2.24, 2.45) is 5.73 Å². The molecule has 7 nitrogen and oxygen atoms in total. The first-order valence-corrected chi connectivity index (χ1v) is 7.80. The van der Waals surface area contributed by atoms with E-state index >= 15 is 0 Å². The van der Waals surface area contributed by atoms with Crippen molar-refractivity contribution in [2.75, 3.05) is 0 Å². The highest BCUT2D eigenvalue weighted by molar-refractivity contribution is 6.22. The molecule has 140 valence electrons.